The van der Waals surface area contributed by atoms with E-state index in [1.807, 2.05) is 25.4 Å². The predicted molar refractivity (Wildman–Crippen MR) is 119 cm³/mol. The number of nitrogens with zero attached hydrogens (tertiary/aromatic N) is 3. The van der Waals surface area contributed by atoms with Crippen LogP contribution in [-0.2, 0) is 6.42 Å². The number of halogens is 1. The normalized spacial score (nSPS) is 12.8. The molecular weight excluding hydrogens is 425 g/mol. The molecule has 1 heterocycles. The van der Waals surface area contributed by atoms with E-state index in [4.69, 9.17) is 0 Å². The molecule has 1 aromatic heterocycles. The molecule has 0 saturated carbocycles. The minimum atomic E-state index is 0. The number of guanidine groups is 1. The summed E-state index contributed by atoms with van der Waals surface area (Å²) < 4.78 is 0. The van der Waals surface area contributed by atoms with Crippen molar-refractivity contribution in [3.8, 4) is 0 Å². The summed E-state index contributed by atoms with van der Waals surface area (Å²) in [4.78, 5) is 11.2. The van der Waals surface area contributed by atoms with Crippen LogP contribution < -0.4 is 10.6 Å². The standard InChI is InChI=1S/C19H35N5.HI/c1-6-24(7-2)18(14-16(3)4)15-23-19(20-5)22-13-11-17-10-8-9-12-21-17;/h8-10,12,16,18H,6-7,11,13-15H2,1-5H3,(H2,20,22,23);1H. The Bertz CT molecular complexity index is 460. The summed E-state index contributed by atoms with van der Waals surface area (Å²) >= 11 is 0. The molecule has 5 nitrogen and oxygen atoms in total. The Morgan fingerprint density at radius 2 is 1.92 bits per heavy atom. The molecule has 1 aromatic rings. The van der Waals surface area contributed by atoms with Crippen LogP contribution in [0.3, 0.4) is 0 Å². The zero-order chi connectivity index (χ0) is 17.8. The molecule has 1 unspecified atom stereocenters. The Morgan fingerprint density at radius 3 is 2.44 bits per heavy atom. The van der Waals surface area contributed by atoms with E-state index < -0.39 is 0 Å². The van der Waals surface area contributed by atoms with E-state index in [1.165, 1.54) is 6.42 Å². The van der Waals surface area contributed by atoms with Gasteiger partial charge in [0.15, 0.2) is 5.96 Å². The molecule has 6 heteroatoms. The number of aromatic nitrogens is 1. The van der Waals surface area contributed by atoms with E-state index in [9.17, 15) is 0 Å². The lowest BCUT2D eigenvalue weighted by molar-refractivity contribution is 0.191. The van der Waals surface area contributed by atoms with Gasteiger partial charge in [0.25, 0.3) is 0 Å². The van der Waals surface area contributed by atoms with Crippen molar-refractivity contribution < 1.29 is 0 Å². The Hall–Kier alpha value is -0.890. The first-order valence-electron chi connectivity index (χ1n) is 9.19. The van der Waals surface area contributed by atoms with Crippen molar-refractivity contribution >= 4 is 29.9 Å². The first-order chi connectivity index (χ1) is 11.6. The smallest absolute Gasteiger partial charge is 0.191 e. The molecule has 0 radical (unpaired) electrons. The van der Waals surface area contributed by atoms with Gasteiger partial charge in [-0.25, -0.2) is 0 Å². The van der Waals surface area contributed by atoms with Gasteiger partial charge >= 0.3 is 0 Å². The van der Waals surface area contributed by atoms with Gasteiger partial charge in [0, 0.05) is 44.5 Å². The van der Waals surface area contributed by atoms with Gasteiger partial charge in [-0.15, -0.1) is 24.0 Å². The van der Waals surface area contributed by atoms with Gasteiger partial charge < -0.3 is 10.6 Å². The lowest BCUT2D eigenvalue weighted by Gasteiger charge is -2.31. The number of aliphatic imine (C=N–C) groups is 1. The predicted octanol–water partition coefficient (Wildman–Crippen LogP) is 3.16. The summed E-state index contributed by atoms with van der Waals surface area (Å²) in [6.45, 7) is 13.0. The van der Waals surface area contributed by atoms with Crippen LogP contribution in [0, 0.1) is 5.92 Å². The summed E-state index contributed by atoms with van der Waals surface area (Å²) in [5.41, 5.74) is 1.10. The lowest BCUT2D eigenvalue weighted by atomic mass is 10.0. The molecule has 144 valence electrons. The average molecular weight is 461 g/mol. The Balaban J connectivity index is 0.00000576. The van der Waals surface area contributed by atoms with E-state index in [-0.39, 0.29) is 24.0 Å². The molecule has 0 bridgehead atoms. The number of hydrogen-bond donors (Lipinski definition) is 2. The van der Waals surface area contributed by atoms with Crippen LogP contribution >= 0.6 is 24.0 Å². The topological polar surface area (TPSA) is 52.5 Å². The van der Waals surface area contributed by atoms with E-state index in [2.05, 4.69) is 59.3 Å². The molecular formula is C19H36IN5. The number of nitrogens with one attached hydrogen (secondary N) is 2. The van der Waals surface area contributed by atoms with E-state index in [0.717, 1.165) is 44.3 Å². The lowest BCUT2D eigenvalue weighted by Crippen LogP contribution is -2.48. The first kappa shape index (κ1) is 24.1. The highest BCUT2D eigenvalue weighted by Gasteiger charge is 2.17. The van der Waals surface area contributed by atoms with Crippen molar-refractivity contribution in [2.45, 2.75) is 46.6 Å². The van der Waals surface area contributed by atoms with Crippen LogP contribution in [-0.4, -0.2) is 55.1 Å². The van der Waals surface area contributed by atoms with Gasteiger partial charge in [-0.3, -0.25) is 14.9 Å². The van der Waals surface area contributed by atoms with Gasteiger partial charge in [0.2, 0.25) is 0 Å². The summed E-state index contributed by atoms with van der Waals surface area (Å²) in [6, 6.07) is 6.56. The van der Waals surface area contributed by atoms with Gasteiger partial charge in [0.1, 0.15) is 0 Å². The van der Waals surface area contributed by atoms with Gasteiger partial charge in [-0.2, -0.15) is 0 Å². The fourth-order valence-corrected chi connectivity index (χ4v) is 2.94. The number of rotatable bonds is 10. The maximum absolute atomic E-state index is 4.35. The summed E-state index contributed by atoms with van der Waals surface area (Å²) in [7, 11) is 1.82. The number of likely N-dealkylation sites (N-methyl/N-ethyl adjacent to an activating group) is 1. The van der Waals surface area contributed by atoms with Crippen molar-refractivity contribution in [2.24, 2.45) is 10.9 Å². The Morgan fingerprint density at radius 1 is 1.20 bits per heavy atom. The third-order valence-corrected chi connectivity index (χ3v) is 4.20. The fraction of sp³-hybridized carbons (Fsp3) is 0.684. The monoisotopic (exact) mass is 461 g/mol. The highest BCUT2D eigenvalue weighted by atomic mass is 127. The van der Waals surface area contributed by atoms with Crippen molar-refractivity contribution in [3.63, 3.8) is 0 Å². The molecule has 1 atom stereocenters. The molecule has 0 fully saturated rings. The second-order valence-electron chi connectivity index (χ2n) is 6.46. The van der Waals surface area contributed by atoms with E-state index >= 15 is 0 Å². The minimum absolute atomic E-state index is 0. The van der Waals surface area contributed by atoms with Crippen molar-refractivity contribution in [1.82, 2.24) is 20.5 Å². The fourth-order valence-electron chi connectivity index (χ4n) is 2.94. The molecule has 25 heavy (non-hydrogen) atoms. The van der Waals surface area contributed by atoms with Crippen molar-refractivity contribution in [1.29, 1.82) is 0 Å². The van der Waals surface area contributed by atoms with Crippen LogP contribution in [0.1, 0.15) is 39.8 Å². The molecule has 0 saturated heterocycles. The molecule has 0 aliphatic heterocycles. The second kappa shape index (κ2) is 14.3. The third-order valence-electron chi connectivity index (χ3n) is 4.20. The Labute approximate surface area is 171 Å². The third kappa shape index (κ3) is 9.99. The molecule has 0 aliphatic rings. The quantitative estimate of drug-likeness (QED) is 0.319. The average Bonchev–Trinajstić information content (AvgIpc) is 2.59. The van der Waals surface area contributed by atoms with Crippen LogP contribution in [0.4, 0.5) is 0 Å². The maximum atomic E-state index is 4.35. The molecule has 0 amide bonds. The minimum Gasteiger partial charge on any atom is -0.356 e. The van der Waals surface area contributed by atoms with Crippen molar-refractivity contribution in [3.05, 3.63) is 30.1 Å². The molecule has 1 rings (SSSR count). The van der Waals surface area contributed by atoms with Crippen LogP contribution in [0.2, 0.25) is 0 Å². The number of hydrogen-bond acceptors (Lipinski definition) is 3. The highest BCUT2D eigenvalue weighted by Crippen LogP contribution is 2.10. The zero-order valence-electron chi connectivity index (χ0n) is 16.5. The van der Waals surface area contributed by atoms with E-state index in [1.54, 1.807) is 0 Å². The van der Waals surface area contributed by atoms with Crippen LogP contribution in [0.25, 0.3) is 0 Å². The zero-order valence-corrected chi connectivity index (χ0v) is 18.8. The summed E-state index contributed by atoms with van der Waals surface area (Å²) in [5.74, 6) is 1.56. The van der Waals surface area contributed by atoms with Crippen molar-refractivity contribution in [2.75, 3.05) is 33.2 Å². The largest absolute Gasteiger partial charge is 0.356 e. The van der Waals surface area contributed by atoms with Crippen LogP contribution in [0.5, 0.6) is 0 Å². The number of pyridine rings is 1. The second-order valence-corrected chi connectivity index (χ2v) is 6.46. The van der Waals surface area contributed by atoms with Gasteiger partial charge in [-0.05, 0) is 37.6 Å². The molecule has 2 N–H and O–H groups in total. The Kier molecular flexibility index (Phi) is 13.8. The molecule has 0 aromatic carbocycles. The summed E-state index contributed by atoms with van der Waals surface area (Å²) in [6.07, 6.45) is 3.93. The maximum Gasteiger partial charge on any atom is 0.191 e. The first-order valence-corrected chi connectivity index (χ1v) is 9.19. The SMILES string of the molecule is CCN(CC)C(CNC(=NC)NCCc1ccccn1)CC(C)C.I. The van der Waals surface area contributed by atoms with E-state index in [0.29, 0.717) is 12.0 Å². The van der Waals surface area contributed by atoms with Crippen LogP contribution in [0.15, 0.2) is 29.4 Å². The molecule has 0 spiro atoms. The summed E-state index contributed by atoms with van der Waals surface area (Å²) in [5, 5.41) is 6.87. The highest BCUT2D eigenvalue weighted by molar-refractivity contribution is 14.0. The molecule has 0 aliphatic carbocycles. The van der Waals surface area contributed by atoms with Gasteiger partial charge in [-0.1, -0.05) is 33.8 Å². The van der Waals surface area contributed by atoms with Gasteiger partial charge in [0.05, 0.1) is 0 Å².